The van der Waals surface area contributed by atoms with E-state index < -0.39 is 30.1 Å². The summed E-state index contributed by atoms with van der Waals surface area (Å²) >= 11 is 0. The van der Waals surface area contributed by atoms with Crippen LogP contribution in [-0.2, 0) is 19.1 Å². The molecule has 16 heteroatoms. The van der Waals surface area contributed by atoms with E-state index in [4.69, 9.17) is 9.47 Å². The number of rotatable bonds is 11. The number of fused-ring (bicyclic) bond motifs is 1. The van der Waals surface area contributed by atoms with Crippen LogP contribution < -0.4 is 21.3 Å². The normalized spacial score (nSPS) is 19.4. The van der Waals surface area contributed by atoms with Gasteiger partial charge in [-0.15, -0.1) is 0 Å². The largest absolute Gasteiger partial charge is 0.453 e. The van der Waals surface area contributed by atoms with Gasteiger partial charge < -0.3 is 45.5 Å². The van der Waals surface area contributed by atoms with E-state index in [-0.39, 0.29) is 36.0 Å². The van der Waals surface area contributed by atoms with Crippen molar-refractivity contribution in [1.82, 2.24) is 46.0 Å². The van der Waals surface area contributed by atoms with E-state index in [1.807, 2.05) is 62.4 Å². The van der Waals surface area contributed by atoms with Gasteiger partial charge in [0.05, 0.1) is 49.6 Å². The number of carbonyl (C=O) groups is 4. The summed E-state index contributed by atoms with van der Waals surface area (Å²) in [5.41, 5.74) is 4.49. The van der Waals surface area contributed by atoms with Crippen molar-refractivity contribution in [3.8, 4) is 22.5 Å². The van der Waals surface area contributed by atoms with Gasteiger partial charge in [0, 0.05) is 47.6 Å². The molecule has 62 heavy (non-hydrogen) atoms. The molecule has 0 saturated carbocycles. The minimum absolute atomic E-state index is 0.134. The Balaban J connectivity index is 0.931. The van der Waals surface area contributed by atoms with E-state index in [9.17, 15) is 19.2 Å². The first-order valence-corrected chi connectivity index (χ1v) is 20.9. The van der Waals surface area contributed by atoms with Crippen LogP contribution in [-0.4, -0.2) is 94.3 Å². The summed E-state index contributed by atoms with van der Waals surface area (Å²) in [4.78, 5) is 68.0. The number of nitrogens with one attached hydrogen (secondary N) is 5. The van der Waals surface area contributed by atoms with Crippen LogP contribution in [0.2, 0.25) is 0 Å². The lowest BCUT2D eigenvalue weighted by atomic mass is 10.0. The molecule has 8 rings (SSSR count). The highest BCUT2D eigenvalue weighted by molar-refractivity contribution is 5.90. The minimum atomic E-state index is -0.911. The SMILES string of the molecule is COC(=O)N[C@H](C(=O)N1CCC[C@H]1c1ncc(-c2ccc3cc(-c4ccc(C5=CNC([C@@H]6CCCN6C(=O)[C@H](NC(=O)OC)c6ccccc6)N5)cc4F)ncc3c2)[nH]1)C(C)C. The average molecular weight is 844 g/mol. The lowest BCUT2D eigenvalue weighted by Crippen LogP contribution is -2.54. The second-order valence-corrected chi connectivity index (χ2v) is 16.1. The van der Waals surface area contributed by atoms with Gasteiger partial charge >= 0.3 is 12.2 Å². The Kier molecular flexibility index (Phi) is 12.1. The number of nitrogens with zero attached hydrogens (tertiary/aromatic N) is 4. The fourth-order valence-electron chi connectivity index (χ4n) is 8.68. The van der Waals surface area contributed by atoms with E-state index in [1.165, 1.54) is 20.3 Å². The van der Waals surface area contributed by atoms with Gasteiger partial charge in [0.25, 0.3) is 0 Å². The Morgan fingerprint density at radius 3 is 2.31 bits per heavy atom. The maximum atomic E-state index is 15.9. The zero-order valence-electron chi connectivity index (χ0n) is 35.0. The smallest absolute Gasteiger partial charge is 0.407 e. The van der Waals surface area contributed by atoms with Crippen molar-refractivity contribution < 1.29 is 33.0 Å². The Hall–Kier alpha value is -6.97. The molecular weight excluding hydrogens is 794 g/mol. The molecule has 0 radical (unpaired) electrons. The Labute approximate surface area is 358 Å². The Bertz CT molecular complexity index is 2510. The molecule has 3 aliphatic rings. The van der Waals surface area contributed by atoms with Crippen molar-refractivity contribution in [2.45, 2.75) is 69.9 Å². The third-order valence-corrected chi connectivity index (χ3v) is 11.9. The molecule has 3 aliphatic heterocycles. The zero-order chi connectivity index (χ0) is 43.5. The van der Waals surface area contributed by atoms with E-state index in [0.29, 0.717) is 47.0 Å². The van der Waals surface area contributed by atoms with Gasteiger partial charge in [-0.1, -0.05) is 62.4 Å². The molecule has 2 aromatic heterocycles. The molecule has 2 fully saturated rings. The topological polar surface area (TPSA) is 183 Å². The van der Waals surface area contributed by atoms with Crippen molar-refractivity contribution in [3.63, 3.8) is 0 Å². The number of aromatic nitrogens is 3. The van der Waals surface area contributed by atoms with Gasteiger partial charge in [0.15, 0.2) is 0 Å². The molecule has 5 heterocycles. The van der Waals surface area contributed by atoms with Gasteiger partial charge in [0.2, 0.25) is 11.8 Å². The molecule has 15 nitrogen and oxygen atoms in total. The van der Waals surface area contributed by atoms with Crippen molar-refractivity contribution in [3.05, 3.63) is 114 Å². The van der Waals surface area contributed by atoms with Crippen molar-refractivity contribution in [2.75, 3.05) is 27.3 Å². The molecule has 5 N–H and O–H groups in total. The second-order valence-electron chi connectivity index (χ2n) is 16.1. The average Bonchev–Trinajstić information content (AvgIpc) is 4.14. The molecule has 0 bridgehead atoms. The summed E-state index contributed by atoms with van der Waals surface area (Å²) in [5.74, 6) is -0.300. The highest BCUT2D eigenvalue weighted by Crippen LogP contribution is 2.35. The predicted molar refractivity (Wildman–Crippen MR) is 230 cm³/mol. The van der Waals surface area contributed by atoms with E-state index in [0.717, 1.165) is 47.7 Å². The van der Waals surface area contributed by atoms with Crippen LogP contribution in [0.5, 0.6) is 0 Å². The number of H-pyrrole nitrogens is 1. The number of hydrogen-bond acceptors (Lipinski definition) is 10. The number of likely N-dealkylation sites (tertiary alicyclic amines) is 2. The summed E-state index contributed by atoms with van der Waals surface area (Å²) in [5, 5.41) is 13.9. The van der Waals surface area contributed by atoms with Crippen LogP contribution >= 0.6 is 0 Å². The molecule has 322 valence electrons. The molecule has 1 unspecified atom stereocenters. The van der Waals surface area contributed by atoms with Gasteiger partial charge in [-0.25, -0.2) is 19.0 Å². The molecule has 5 atom stereocenters. The quantitative estimate of drug-likeness (QED) is 0.100. The number of pyridine rings is 1. The van der Waals surface area contributed by atoms with Gasteiger partial charge in [-0.05, 0) is 66.8 Å². The maximum absolute atomic E-state index is 15.9. The number of methoxy groups -OCH3 is 2. The van der Waals surface area contributed by atoms with Crippen LogP contribution in [0, 0.1) is 11.7 Å². The third kappa shape index (κ3) is 8.49. The summed E-state index contributed by atoms with van der Waals surface area (Å²) in [6, 6.07) is 19.8. The van der Waals surface area contributed by atoms with Crippen molar-refractivity contribution >= 4 is 40.5 Å². The lowest BCUT2D eigenvalue weighted by Gasteiger charge is -2.33. The summed E-state index contributed by atoms with van der Waals surface area (Å²) in [6.07, 6.45) is 6.70. The number of ether oxygens (including phenoxy) is 2. The lowest BCUT2D eigenvalue weighted by molar-refractivity contribution is -0.136. The van der Waals surface area contributed by atoms with Gasteiger partial charge in [0.1, 0.15) is 29.9 Å². The summed E-state index contributed by atoms with van der Waals surface area (Å²) < 4.78 is 25.5. The number of carbonyl (C=O) groups excluding carboxylic acids is 4. The number of alkyl carbamates (subject to hydrolysis) is 2. The highest BCUT2D eigenvalue weighted by Gasteiger charge is 2.41. The number of hydrogen-bond donors (Lipinski definition) is 5. The van der Waals surface area contributed by atoms with Crippen molar-refractivity contribution in [2.24, 2.45) is 5.92 Å². The number of amides is 4. The van der Waals surface area contributed by atoms with E-state index in [1.54, 1.807) is 46.6 Å². The standard InChI is InChI=1S/C46H50FN9O6/c1-26(2)39(53-45(59)61-3)43(57)55-18-8-12-37(55)41-49-24-35(51-41)29-15-14-28-22-34(48-23-31(28)20-29)32-17-16-30(21-33(32)47)36-25-50-42(52-36)38-13-9-19-56(38)44(58)40(54-46(60)62-4)27-10-6-5-7-11-27/h5-7,10-11,14-17,20-26,37-40,42,50,52H,8-9,12-13,18-19H2,1-4H3,(H,49,51)(H,53,59)(H,54,60)/t37-,38-,39-,40+,42?/m0/s1. The third-order valence-electron chi connectivity index (χ3n) is 11.9. The van der Waals surface area contributed by atoms with Crippen LogP contribution in [0.15, 0.2) is 91.4 Å². The number of halogens is 1. The fourth-order valence-corrected chi connectivity index (χ4v) is 8.68. The van der Waals surface area contributed by atoms with Gasteiger partial charge in [-0.3, -0.25) is 14.6 Å². The molecule has 0 spiro atoms. The molecule has 0 aliphatic carbocycles. The Morgan fingerprint density at radius 1 is 0.806 bits per heavy atom. The maximum Gasteiger partial charge on any atom is 0.407 e. The summed E-state index contributed by atoms with van der Waals surface area (Å²) in [7, 11) is 2.54. The van der Waals surface area contributed by atoms with Crippen LogP contribution in [0.25, 0.3) is 39.0 Å². The first kappa shape index (κ1) is 41.8. The highest BCUT2D eigenvalue weighted by atomic mass is 19.1. The van der Waals surface area contributed by atoms with Crippen LogP contribution in [0.4, 0.5) is 14.0 Å². The minimum Gasteiger partial charge on any atom is -0.453 e. The molecule has 5 aromatic rings. The first-order valence-electron chi connectivity index (χ1n) is 20.9. The molecule has 4 amide bonds. The molecular formula is C46H50FN9O6. The van der Waals surface area contributed by atoms with Crippen LogP contribution in [0.3, 0.4) is 0 Å². The molecule has 2 saturated heterocycles. The van der Waals surface area contributed by atoms with Crippen LogP contribution in [0.1, 0.15) is 68.6 Å². The first-order chi connectivity index (χ1) is 30.0. The fraction of sp³-hybridized carbons (Fsp3) is 0.348. The second kappa shape index (κ2) is 17.9. The monoisotopic (exact) mass is 843 g/mol. The van der Waals surface area contributed by atoms with Crippen molar-refractivity contribution in [1.29, 1.82) is 0 Å². The van der Waals surface area contributed by atoms with Gasteiger partial charge in [-0.2, -0.15) is 0 Å². The van der Waals surface area contributed by atoms with E-state index >= 15 is 4.39 Å². The molecule has 3 aromatic carbocycles. The Morgan fingerprint density at radius 2 is 1.55 bits per heavy atom. The summed E-state index contributed by atoms with van der Waals surface area (Å²) in [6.45, 7) is 4.85. The number of imidazole rings is 1. The predicted octanol–water partition coefficient (Wildman–Crippen LogP) is 6.38. The number of aromatic amines is 1. The number of benzene rings is 3. The van der Waals surface area contributed by atoms with E-state index in [2.05, 4.69) is 36.2 Å². The zero-order valence-corrected chi connectivity index (χ0v) is 35.0.